The van der Waals surface area contributed by atoms with Crippen LogP contribution in [-0.2, 0) is 11.2 Å². The lowest BCUT2D eigenvalue weighted by Crippen LogP contribution is -2.30. The predicted molar refractivity (Wildman–Crippen MR) is 101 cm³/mol. The molecule has 0 heterocycles. The maximum absolute atomic E-state index is 12.0. The van der Waals surface area contributed by atoms with Crippen LogP contribution in [0, 0.1) is 18.3 Å². The Hall–Kier alpha value is -2.27. The van der Waals surface area contributed by atoms with Crippen LogP contribution >= 0.6 is 12.6 Å². The van der Waals surface area contributed by atoms with Crippen LogP contribution in [0.1, 0.15) is 29.5 Å². The van der Waals surface area contributed by atoms with Crippen LogP contribution in [-0.4, -0.2) is 23.1 Å². The van der Waals surface area contributed by atoms with Crippen molar-refractivity contribution >= 4 is 36.8 Å². The van der Waals surface area contributed by atoms with Crippen LogP contribution in [0.25, 0.3) is 0 Å². The van der Waals surface area contributed by atoms with E-state index in [9.17, 15) is 4.79 Å². The van der Waals surface area contributed by atoms with E-state index >= 15 is 0 Å². The second-order valence-electron chi connectivity index (χ2n) is 5.81. The van der Waals surface area contributed by atoms with E-state index < -0.39 is 7.12 Å². The van der Waals surface area contributed by atoms with E-state index in [2.05, 4.69) is 17.9 Å². The molecule has 2 rings (SSSR count). The van der Waals surface area contributed by atoms with Gasteiger partial charge in [0.25, 0.3) is 0 Å². The van der Waals surface area contributed by atoms with Gasteiger partial charge in [0.1, 0.15) is 6.07 Å². The van der Waals surface area contributed by atoms with Gasteiger partial charge in [-0.05, 0) is 54.6 Å². The van der Waals surface area contributed by atoms with Crippen molar-refractivity contribution in [3.05, 3.63) is 53.1 Å². The fourth-order valence-corrected chi connectivity index (χ4v) is 2.72. The van der Waals surface area contributed by atoms with Crippen molar-refractivity contribution in [1.29, 1.82) is 5.26 Å². The summed E-state index contributed by atoms with van der Waals surface area (Å²) in [5.74, 6) is -0.115. The van der Waals surface area contributed by atoms with Crippen molar-refractivity contribution in [2.75, 3.05) is 5.32 Å². The maximum atomic E-state index is 12.0. The smallest absolute Gasteiger partial charge is 0.423 e. The summed E-state index contributed by atoms with van der Waals surface area (Å²) in [5, 5.41) is 30.1. The van der Waals surface area contributed by atoms with Gasteiger partial charge in [0.2, 0.25) is 5.91 Å². The largest absolute Gasteiger partial charge is 0.488 e. The van der Waals surface area contributed by atoms with Gasteiger partial charge >= 0.3 is 7.12 Å². The topological polar surface area (TPSA) is 93.3 Å². The highest BCUT2D eigenvalue weighted by Crippen LogP contribution is 2.18. The number of nitriles is 1. The molecule has 7 heteroatoms. The summed E-state index contributed by atoms with van der Waals surface area (Å²) in [5.41, 5.74) is 3.50. The molecular formula is C18H19BN2O3S. The molecule has 25 heavy (non-hydrogen) atoms. The van der Waals surface area contributed by atoms with Crippen molar-refractivity contribution in [1.82, 2.24) is 0 Å². The number of rotatable bonds is 6. The Bertz CT molecular complexity index is 818. The second kappa shape index (κ2) is 8.72. The fourth-order valence-electron chi connectivity index (χ4n) is 2.53. The third-order valence-electron chi connectivity index (χ3n) is 3.92. The summed E-state index contributed by atoms with van der Waals surface area (Å²) >= 11 is 4.18. The van der Waals surface area contributed by atoms with E-state index in [1.54, 1.807) is 30.3 Å². The van der Waals surface area contributed by atoms with Gasteiger partial charge in [-0.15, -0.1) is 12.6 Å². The van der Waals surface area contributed by atoms with Crippen LogP contribution in [0.2, 0.25) is 0 Å². The molecule has 2 aromatic carbocycles. The van der Waals surface area contributed by atoms with Crippen molar-refractivity contribution < 1.29 is 14.8 Å². The number of anilines is 1. The molecule has 1 amide bonds. The lowest BCUT2D eigenvalue weighted by Gasteiger charge is -2.09. The van der Waals surface area contributed by atoms with Crippen LogP contribution in [0.4, 0.5) is 5.69 Å². The fraction of sp³-hybridized carbons (Fsp3) is 0.222. The molecule has 0 unspecified atom stereocenters. The molecular weight excluding hydrogens is 335 g/mol. The van der Waals surface area contributed by atoms with Gasteiger partial charge in [-0.2, -0.15) is 5.26 Å². The van der Waals surface area contributed by atoms with Crippen molar-refractivity contribution in [3.63, 3.8) is 0 Å². The Labute approximate surface area is 152 Å². The van der Waals surface area contributed by atoms with Gasteiger partial charge < -0.3 is 15.4 Å². The minimum absolute atomic E-state index is 0.115. The number of aryl methyl sites for hydroxylation is 2. The third-order valence-corrected chi connectivity index (χ3v) is 4.31. The number of hydrogen-bond acceptors (Lipinski definition) is 5. The number of carbonyl (C=O) groups excluding carboxylic acids is 1. The number of nitrogens with one attached hydrogen (secondary N) is 1. The SMILES string of the molecule is Cc1cc(B(O)O)ccc1CCCC(=O)Nc1ccc(S)c(C#N)c1. The summed E-state index contributed by atoms with van der Waals surface area (Å²) in [4.78, 5) is 12.6. The normalized spacial score (nSPS) is 10.2. The van der Waals surface area contributed by atoms with Gasteiger partial charge in [-0.25, -0.2) is 0 Å². The average Bonchev–Trinajstić information content (AvgIpc) is 2.57. The molecule has 0 fully saturated rings. The van der Waals surface area contributed by atoms with Crippen molar-refractivity contribution in [2.45, 2.75) is 31.1 Å². The molecule has 0 saturated heterocycles. The van der Waals surface area contributed by atoms with E-state index in [-0.39, 0.29) is 5.91 Å². The highest BCUT2D eigenvalue weighted by atomic mass is 32.1. The Morgan fingerprint density at radius 3 is 2.68 bits per heavy atom. The van der Waals surface area contributed by atoms with Gasteiger partial charge in [-0.3, -0.25) is 4.79 Å². The van der Waals surface area contributed by atoms with Crippen LogP contribution in [0.15, 0.2) is 41.3 Å². The first-order valence-electron chi connectivity index (χ1n) is 7.89. The Morgan fingerprint density at radius 2 is 2.04 bits per heavy atom. The average molecular weight is 354 g/mol. The number of benzene rings is 2. The van der Waals surface area contributed by atoms with Crippen molar-refractivity contribution in [3.8, 4) is 6.07 Å². The van der Waals surface area contributed by atoms with E-state index in [1.807, 2.05) is 19.1 Å². The molecule has 0 radical (unpaired) electrons. The number of amides is 1. The molecule has 0 aromatic heterocycles. The van der Waals surface area contributed by atoms with Gasteiger partial charge in [0, 0.05) is 17.0 Å². The lowest BCUT2D eigenvalue weighted by molar-refractivity contribution is -0.116. The van der Waals surface area contributed by atoms with Crippen LogP contribution in [0.3, 0.4) is 0 Å². The zero-order valence-corrected chi connectivity index (χ0v) is 14.8. The molecule has 0 atom stereocenters. The second-order valence-corrected chi connectivity index (χ2v) is 6.29. The van der Waals surface area contributed by atoms with E-state index in [0.29, 0.717) is 34.5 Å². The van der Waals surface area contributed by atoms with Gasteiger partial charge in [0.05, 0.1) is 5.56 Å². The molecule has 5 nitrogen and oxygen atoms in total. The number of hydrogen-bond donors (Lipinski definition) is 4. The number of carbonyl (C=O) groups is 1. The molecule has 3 N–H and O–H groups in total. The highest BCUT2D eigenvalue weighted by molar-refractivity contribution is 7.80. The Kier molecular flexibility index (Phi) is 6.65. The first kappa shape index (κ1) is 19.1. The van der Waals surface area contributed by atoms with Gasteiger partial charge in [0.15, 0.2) is 0 Å². The lowest BCUT2D eigenvalue weighted by atomic mass is 9.78. The molecule has 0 spiro atoms. The first-order valence-corrected chi connectivity index (χ1v) is 8.34. The zero-order chi connectivity index (χ0) is 18.4. The minimum Gasteiger partial charge on any atom is -0.423 e. The highest BCUT2D eigenvalue weighted by Gasteiger charge is 2.12. The maximum Gasteiger partial charge on any atom is 0.488 e. The molecule has 0 aliphatic carbocycles. The Balaban J connectivity index is 1.88. The Morgan fingerprint density at radius 1 is 1.28 bits per heavy atom. The molecule has 128 valence electrons. The monoisotopic (exact) mass is 354 g/mol. The van der Waals surface area contributed by atoms with E-state index in [1.165, 1.54) is 0 Å². The third kappa shape index (κ3) is 5.36. The quantitative estimate of drug-likeness (QED) is 0.470. The molecule has 0 aliphatic heterocycles. The summed E-state index contributed by atoms with van der Waals surface area (Å²) in [6, 6.07) is 12.3. The van der Waals surface area contributed by atoms with Gasteiger partial charge in [-0.1, -0.05) is 18.2 Å². The van der Waals surface area contributed by atoms with Crippen LogP contribution in [0.5, 0.6) is 0 Å². The summed E-state index contributed by atoms with van der Waals surface area (Å²) in [6.45, 7) is 1.91. The number of nitrogens with zero attached hydrogens (tertiary/aromatic N) is 1. The van der Waals surface area contributed by atoms with E-state index in [0.717, 1.165) is 17.5 Å². The summed E-state index contributed by atoms with van der Waals surface area (Å²) in [6.07, 6.45) is 1.75. The van der Waals surface area contributed by atoms with E-state index in [4.69, 9.17) is 15.3 Å². The van der Waals surface area contributed by atoms with Crippen LogP contribution < -0.4 is 10.8 Å². The molecule has 0 bridgehead atoms. The minimum atomic E-state index is -1.47. The first-order chi connectivity index (χ1) is 11.9. The zero-order valence-electron chi connectivity index (χ0n) is 13.9. The molecule has 0 aliphatic rings. The molecule has 0 saturated carbocycles. The summed E-state index contributed by atoms with van der Waals surface area (Å²) < 4.78 is 0. The summed E-state index contributed by atoms with van der Waals surface area (Å²) in [7, 11) is -1.47. The molecule has 2 aromatic rings. The standard InChI is InChI=1S/C18H19BN2O3S/c1-12-9-15(19(23)24)6-5-13(12)3-2-4-18(22)21-16-7-8-17(25)14(10-16)11-20/h5-10,23-25H,2-4H2,1H3,(H,21,22). The predicted octanol–water partition coefficient (Wildman–Crippen LogP) is 1.80. The van der Waals surface area contributed by atoms with Crippen molar-refractivity contribution in [2.24, 2.45) is 0 Å². The number of thiol groups is 1.